The standard InChI is InChI=1S/C32H39ClN2O6S/c1-20-14-25(40-2)8-11-29(36)26-9-5-23(26)17-35-18-32(13-3-4-21-15-24(33)7-10-27(21)32)19-41-30-12-6-22(16-28(30)35)31(37)34-42(20,38)39/h6-8,10-12,15-16,20,23,25-26,29,36H,3-5,9,13-14,17-19H2,1-2H3,(H,34,37)/b11-8+/t20-,23?,25-,26?,29?,32+/m1/s1. The number of ether oxygens (including phenoxy) is 2. The first-order chi connectivity index (χ1) is 20.1. The van der Waals surface area contributed by atoms with Gasteiger partial charge in [0.05, 0.1) is 29.8 Å². The van der Waals surface area contributed by atoms with Crippen LogP contribution in [-0.2, 0) is 26.6 Å². The van der Waals surface area contributed by atoms with Crippen LogP contribution in [0.5, 0.6) is 5.75 Å². The van der Waals surface area contributed by atoms with Crippen LogP contribution in [0, 0.1) is 11.8 Å². The summed E-state index contributed by atoms with van der Waals surface area (Å²) in [6.07, 6.45) is 7.30. The van der Waals surface area contributed by atoms with Crippen molar-refractivity contribution in [2.24, 2.45) is 11.8 Å². The highest BCUT2D eigenvalue weighted by atomic mass is 35.5. The van der Waals surface area contributed by atoms with E-state index in [0.29, 0.717) is 25.4 Å². The molecule has 0 aromatic heterocycles. The number of sulfonamides is 1. The average molecular weight is 615 g/mol. The quantitative estimate of drug-likeness (QED) is 0.452. The van der Waals surface area contributed by atoms with Crippen molar-refractivity contribution in [3.05, 3.63) is 70.3 Å². The lowest BCUT2D eigenvalue weighted by molar-refractivity contribution is 0.0444. The Kier molecular flexibility index (Phi) is 8.06. The Bertz CT molecular complexity index is 1500. The summed E-state index contributed by atoms with van der Waals surface area (Å²) >= 11 is 6.38. The third-order valence-electron chi connectivity index (χ3n) is 9.82. The van der Waals surface area contributed by atoms with Gasteiger partial charge in [0.15, 0.2) is 0 Å². The molecule has 2 heterocycles. The zero-order chi connectivity index (χ0) is 29.6. The van der Waals surface area contributed by atoms with Crippen LogP contribution in [-0.4, -0.2) is 63.7 Å². The fraction of sp³-hybridized carbons (Fsp3) is 0.531. The molecule has 226 valence electrons. The van der Waals surface area contributed by atoms with Gasteiger partial charge in [-0.2, -0.15) is 0 Å². The van der Waals surface area contributed by atoms with Crippen LogP contribution in [0.15, 0.2) is 48.6 Å². The minimum atomic E-state index is -3.98. The molecule has 1 spiro atoms. The van der Waals surface area contributed by atoms with E-state index in [2.05, 4.69) is 21.8 Å². The Morgan fingerprint density at radius 3 is 2.76 bits per heavy atom. The van der Waals surface area contributed by atoms with E-state index in [9.17, 15) is 18.3 Å². The number of aliphatic hydroxyl groups excluding tert-OH is 1. The number of hydrogen-bond acceptors (Lipinski definition) is 7. The zero-order valence-corrected chi connectivity index (χ0v) is 25.7. The van der Waals surface area contributed by atoms with Crippen LogP contribution in [0.25, 0.3) is 0 Å². The van der Waals surface area contributed by atoms with Gasteiger partial charge in [0.2, 0.25) is 10.0 Å². The number of hydrogen-bond donors (Lipinski definition) is 2. The van der Waals surface area contributed by atoms with E-state index in [1.54, 1.807) is 37.3 Å². The highest BCUT2D eigenvalue weighted by Crippen LogP contribution is 2.46. The summed E-state index contributed by atoms with van der Waals surface area (Å²) in [5.74, 6) is 0.308. The summed E-state index contributed by atoms with van der Waals surface area (Å²) in [6.45, 7) is 3.40. The second kappa shape index (κ2) is 11.5. The molecule has 8 nitrogen and oxygen atoms in total. The van der Waals surface area contributed by atoms with Gasteiger partial charge in [-0.05, 0) is 98.7 Å². The van der Waals surface area contributed by atoms with E-state index in [1.165, 1.54) is 18.2 Å². The highest BCUT2D eigenvalue weighted by Gasteiger charge is 2.44. The summed E-state index contributed by atoms with van der Waals surface area (Å²) in [7, 11) is -2.47. The number of aliphatic hydroxyl groups is 1. The van der Waals surface area contributed by atoms with Gasteiger partial charge in [0.25, 0.3) is 5.91 Å². The molecule has 1 saturated carbocycles. The van der Waals surface area contributed by atoms with Crippen molar-refractivity contribution in [2.45, 2.75) is 68.3 Å². The molecule has 2 aromatic carbocycles. The summed E-state index contributed by atoms with van der Waals surface area (Å²) in [6, 6.07) is 11.3. The molecule has 1 fully saturated rings. The van der Waals surface area contributed by atoms with Gasteiger partial charge >= 0.3 is 0 Å². The Morgan fingerprint density at radius 2 is 2.00 bits per heavy atom. The predicted octanol–water partition coefficient (Wildman–Crippen LogP) is 4.62. The topological polar surface area (TPSA) is 105 Å². The molecule has 6 atom stereocenters. The number of rotatable bonds is 1. The number of carbonyl (C=O) groups is 1. The molecule has 3 unspecified atom stereocenters. The number of nitrogens with one attached hydrogen (secondary N) is 1. The SMILES string of the molecule is CO[C@@H]1/C=C/C(O)C2CCC2CN2C[C@@]3(CCCc4cc(Cl)ccc43)COc3ccc(cc32)C(=O)NS(=O)(=O)[C@H](C)C1. The number of amides is 1. The lowest BCUT2D eigenvalue weighted by atomic mass is 9.68. The van der Waals surface area contributed by atoms with E-state index in [0.717, 1.165) is 42.8 Å². The van der Waals surface area contributed by atoms with E-state index in [4.69, 9.17) is 21.1 Å². The first-order valence-electron chi connectivity index (χ1n) is 14.8. The summed E-state index contributed by atoms with van der Waals surface area (Å²) in [5, 5.41) is 11.0. The zero-order valence-electron chi connectivity index (χ0n) is 24.1. The largest absolute Gasteiger partial charge is 0.490 e. The summed E-state index contributed by atoms with van der Waals surface area (Å²) in [5.41, 5.74) is 3.24. The van der Waals surface area contributed by atoms with Crippen molar-refractivity contribution in [2.75, 3.05) is 31.7 Å². The van der Waals surface area contributed by atoms with E-state index in [1.807, 2.05) is 6.07 Å². The van der Waals surface area contributed by atoms with Crippen molar-refractivity contribution < 1.29 is 27.8 Å². The van der Waals surface area contributed by atoms with E-state index in [-0.39, 0.29) is 29.2 Å². The third kappa shape index (κ3) is 5.56. The molecular formula is C32H39ClN2O6S. The Labute approximate surface area is 253 Å². The van der Waals surface area contributed by atoms with Crippen molar-refractivity contribution in [3.8, 4) is 5.75 Å². The van der Waals surface area contributed by atoms with Crippen LogP contribution >= 0.6 is 11.6 Å². The Hall–Kier alpha value is -2.59. The number of anilines is 1. The molecule has 2 aromatic rings. The fourth-order valence-corrected chi connectivity index (χ4v) is 8.40. The first-order valence-corrected chi connectivity index (χ1v) is 16.8. The molecule has 6 rings (SSSR count). The minimum absolute atomic E-state index is 0.0697. The number of methoxy groups -OCH3 is 1. The lowest BCUT2D eigenvalue weighted by Crippen LogP contribution is -2.49. The molecule has 1 amide bonds. The number of nitrogens with zero attached hydrogens (tertiary/aromatic N) is 1. The summed E-state index contributed by atoms with van der Waals surface area (Å²) < 4.78 is 40.5. The molecule has 4 aliphatic rings. The van der Waals surface area contributed by atoms with Crippen molar-refractivity contribution in [3.63, 3.8) is 0 Å². The van der Waals surface area contributed by atoms with Gasteiger partial charge in [-0.25, -0.2) is 13.1 Å². The molecule has 2 bridgehead atoms. The first kappa shape index (κ1) is 29.5. The maximum atomic E-state index is 13.3. The van der Waals surface area contributed by atoms with Crippen molar-refractivity contribution >= 4 is 33.2 Å². The molecule has 42 heavy (non-hydrogen) atoms. The van der Waals surface area contributed by atoms with Gasteiger partial charge in [-0.3, -0.25) is 4.79 Å². The van der Waals surface area contributed by atoms with Gasteiger partial charge in [0, 0.05) is 36.2 Å². The van der Waals surface area contributed by atoms with Gasteiger partial charge < -0.3 is 19.5 Å². The number of halogens is 1. The Balaban J connectivity index is 1.42. The van der Waals surface area contributed by atoms with Crippen LogP contribution in [0.1, 0.15) is 60.5 Å². The van der Waals surface area contributed by atoms with Gasteiger partial charge in [-0.1, -0.05) is 29.8 Å². The smallest absolute Gasteiger partial charge is 0.264 e. The number of benzene rings is 2. The van der Waals surface area contributed by atoms with E-state index < -0.39 is 33.4 Å². The molecular weight excluding hydrogens is 576 g/mol. The summed E-state index contributed by atoms with van der Waals surface area (Å²) in [4.78, 5) is 15.6. The maximum Gasteiger partial charge on any atom is 0.264 e. The normalized spacial score (nSPS) is 33.3. The van der Waals surface area contributed by atoms with Crippen LogP contribution in [0.2, 0.25) is 5.02 Å². The van der Waals surface area contributed by atoms with Gasteiger partial charge in [-0.15, -0.1) is 0 Å². The highest BCUT2D eigenvalue weighted by molar-refractivity contribution is 7.90. The molecule has 2 aliphatic heterocycles. The predicted molar refractivity (Wildman–Crippen MR) is 163 cm³/mol. The van der Waals surface area contributed by atoms with E-state index >= 15 is 0 Å². The van der Waals surface area contributed by atoms with Crippen LogP contribution in [0.3, 0.4) is 0 Å². The van der Waals surface area contributed by atoms with Gasteiger partial charge in [0.1, 0.15) is 5.75 Å². The molecule has 0 saturated heterocycles. The molecule has 10 heteroatoms. The van der Waals surface area contributed by atoms with Crippen molar-refractivity contribution in [1.82, 2.24) is 4.72 Å². The van der Waals surface area contributed by atoms with Crippen LogP contribution < -0.4 is 14.4 Å². The average Bonchev–Trinajstić information content (AvgIpc) is 3.09. The monoisotopic (exact) mass is 614 g/mol. The van der Waals surface area contributed by atoms with Crippen molar-refractivity contribution in [1.29, 1.82) is 0 Å². The number of carbonyl (C=O) groups excluding carboxylic acids is 1. The van der Waals surface area contributed by atoms with Crippen LogP contribution in [0.4, 0.5) is 5.69 Å². The lowest BCUT2D eigenvalue weighted by Gasteiger charge is -2.45. The fourth-order valence-electron chi connectivity index (χ4n) is 7.19. The number of fused-ring (bicyclic) bond motifs is 4. The second-order valence-corrected chi connectivity index (χ2v) is 15.0. The minimum Gasteiger partial charge on any atom is -0.490 e. The molecule has 0 radical (unpaired) electrons. The molecule has 2 N–H and O–H groups in total. The second-order valence-electron chi connectivity index (χ2n) is 12.5. The number of aryl methyl sites for hydroxylation is 1. The third-order valence-corrected chi connectivity index (χ3v) is 11.8. The maximum absolute atomic E-state index is 13.3. The molecule has 2 aliphatic carbocycles. The Morgan fingerprint density at radius 1 is 1.17 bits per heavy atom.